The number of alkyl halides is 3. The van der Waals surface area contributed by atoms with Crippen molar-refractivity contribution in [2.75, 3.05) is 13.1 Å². The summed E-state index contributed by atoms with van der Waals surface area (Å²) in [5, 5.41) is 11.2. The van der Waals surface area contributed by atoms with Crippen LogP contribution in [0.1, 0.15) is 35.1 Å². The van der Waals surface area contributed by atoms with E-state index in [2.05, 4.69) is 9.97 Å². The highest BCUT2D eigenvalue weighted by molar-refractivity contribution is 6.04. The smallest absolute Gasteiger partial charge is 0.389 e. The first kappa shape index (κ1) is 23.8. The molecule has 1 aromatic carbocycles. The number of likely N-dealkylation sites (tertiary alicyclic amines) is 1. The molecule has 1 aliphatic heterocycles. The van der Waals surface area contributed by atoms with Crippen LogP contribution in [0.25, 0.3) is 22.1 Å². The molecule has 1 fully saturated rings. The van der Waals surface area contributed by atoms with Gasteiger partial charge in [-0.1, -0.05) is 12.1 Å². The van der Waals surface area contributed by atoms with E-state index in [1.165, 1.54) is 23.2 Å². The van der Waals surface area contributed by atoms with Crippen LogP contribution in [0.15, 0.2) is 48.8 Å². The first-order chi connectivity index (χ1) is 17.1. The fourth-order valence-corrected chi connectivity index (χ4v) is 4.85. The Morgan fingerprint density at radius 2 is 1.92 bits per heavy atom. The Kier molecular flexibility index (Phi) is 5.91. The molecule has 4 heterocycles. The van der Waals surface area contributed by atoms with Gasteiger partial charge in [-0.2, -0.15) is 13.2 Å². The molecule has 0 bridgehead atoms. The number of aliphatic hydroxyl groups is 1. The van der Waals surface area contributed by atoms with Crippen LogP contribution in [0.4, 0.5) is 13.2 Å². The van der Waals surface area contributed by atoms with Crippen molar-refractivity contribution in [1.82, 2.24) is 24.0 Å². The average Bonchev–Trinajstić information content (AvgIpc) is 3.53. The Hall–Kier alpha value is -3.93. The van der Waals surface area contributed by atoms with Gasteiger partial charge < -0.3 is 24.9 Å². The summed E-state index contributed by atoms with van der Waals surface area (Å²) in [5.74, 6) is -1.85. The second-order valence-electron chi connectivity index (χ2n) is 8.79. The first-order valence-electron chi connectivity index (χ1n) is 11.4. The van der Waals surface area contributed by atoms with Crippen LogP contribution in [0, 0.1) is 0 Å². The quantitative estimate of drug-likeness (QED) is 0.422. The van der Waals surface area contributed by atoms with Crippen molar-refractivity contribution in [3.63, 3.8) is 0 Å². The van der Waals surface area contributed by atoms with Gasteiger partial charge in [-0.15, -0.1) is 0 Å². The zero-order valence-electron chi connectivity index (χ0n) is 19.0. The molecule has 2 amide bonds. The number of fused-ring (bicyclic) bond motifs is 2. The van der Waals surface area contributed by atoms with Gasteiger partial charge >= 0.3 is 6.18 Å². The van der Waals surface area contributed by atoms with Gasteiger partial charge in [0.1, 0.15) is 5.65 Å². The molecule has 3 aromatic heterocycles. The summed E-state index contributed by atoms with van der Waals surface area (Å²) in [5.41, 5.74) is 6.81. The van der Waals surface area contributed by atoms with Gasteiger partial charge in [-0.25, -0.2) is 9.97 Å². The molecule has 0 unspecified atom stereocenters. The number of pyridine rings is 1. The van der Waals surface area contributed by atoms with Gasteiger partial charge in [-0.05, 0) is 30.7 Å². The SMILES string of the molecule is NC(=O)c1ccnc2c1ccn2[C@@H]1CN(C(=O)CCCn2c(C(F)(F)F)nc3ccccc32)C[C@H]1O. The summed E-state index contributed by atoms with van der Waals surface area (Å²) in [6, 6.07) is 9.07. The van der Waals surface area contributed by atoms with Crippen molar-refractivity contribution < 1.29 is 27.9 Å². The molecule has 0 radical (unpaired) electrons. The van der Waals surface area contributed by atoms with Gasteiger partial charge in [0.15, 0.2) is 0 Å². The van der Waals surface area contributed by atoms with Gasteiger partial charge in [-0.3, -0.25) is 9.59 Å². The predicted molar refractivity (Wildman–Crippen MR) is 124 cm³/mol. The van der Waals surface area contributed by atoms with Gasteiger partial charge in [0.05, 0.1) is 28.7 Å². The van der Waals surface area contributed by atoms with Gasteiger partial charge in [0.25, 0.3) is 0 Å². The fraction of sp³-hybridized carbons (Fsp3) is 0.333. The zero-order valence-corrected chi connectivity index (χ0v) is 19.0. The number of amides is 2. The Balaban J connectivity index is 1.28. The highest BCUT2D eigenvalue weighted by atomic mass is 19.4. The van der Waals surface area contributed by atoms with E-state index in [0.717, 1.165) is 4.57 Å². The summed E-state index contributed by atoms with van der Waals surface area (Å²) >= 11 is 0. The maximum atomic E-state index is 13.5. The summed E-state index contributed by atoms with van der Waals surface area (Å²) in [6.45, 7) is 0.261. The van der Waals surface area contributed by atoms with Crippen LogP contribution in [-0.2, 0) is 17.5 Å². The number of carbonyl (C=O) groups excluding carboxylic acids is 2. The number of imidazole rings is 1. The molecule has 0 aliphatic carbocycles. The standard InChI is InChI=1S/C24H23F3N6O3/c25-24(26,27)23-30-16-4-1-2-5-17(16)33(23)10-3-6-20(35)31-12-18(19(34)13-31)32-11-8-15-14(21(28)36)7-9-29-22(15)32/h1-2,4-5,7-9,11,18-19,34H,3,6,10,12-13H2,(H2,28,36)/t18-,19-/m1/s1. The van der Waals surface area contributed by atoms with Crippen molar-refractivity contribution in [2.24, 2.45) is 5.73 Å². The molecular formula is C24H23F3N6O3. The number of hydrogen-bond donors (Lipinski definition) is 2. The Morgan fingerprint density at radius 3 is 2.67 bits per heavy atom. The molecular weight excluding hydrogens is 477 g/mol. The van der Waals surface area contributed by atoms with Crippen LogP contribution >= 0.6 is 0 Å². The number of hydrogen-bond acceptors (Lipinski definition) is 5. The number of primary amides is 1. The molecule has 3 N–H and O–H groups in total. The van der Waals surface area contributed by atoms with E-state index < -0.39 is 30.1 Å². The fourth-order valence-electron chi connectivity index (χ4n) is 4.85. The second-order valence-corrected chi connectivity index (χ2v) is 8.79. The van der Waals surface area contributed by atoms with Crippen LogP contribution in [0.2, 0.25) is 0 Å². The minimum atomic E-state index is -4.61. The molecule has 9 nitrogen and oxygen atoms in total. The van der Waals surface area contributed by atoms with Gasteiger partial charge in [0, 0.05) is 43.8 Å². The maximum absolute atomic E-state index is 13.5. The Bertz CT molecular complexity index is 1460. The Morgan fingerprint density at radius 1 is 1.14 bits per heavy atom. The number of halogens is 3. The van der Waals surface area contributed by atoms with E-state index in [0.29, 0.717) is 22.1 Å². The third kappa shape index (κ3) is 4.17. The number of nitrogens with zero attached hydrogens (tertiary/aromatic N) is 5. The van der Waals surface area contributed by atoms with Gasteiger partial charge in [0.2, 0.25) is 17.6 Å². The summed E-state index contributed by atoms with van der Waals surface area (Å²) in [7, 11) is 0. The predicted octanol–water partition coefficient (Wildman–Crippen LogP) is 2.73. The molecule has 4 aromatic rings. The molecule has 36 heavy (non-hydrogen) atoms. The number of aromatic nitrogens is 4. The van der Waals surface area contributed by atoms with Crippen LogP contribution in [-0.4, -0.2) is 60.1 Å². The minimum absolute atomic E-state index is 0.0136. The number of nitrogens with two attached hydrogens (primary N) is 1. The number of aliphatic hydroxyl groups excluding tert-OH is 1. The lowest BCUT2D eigenvalue weighted by Crippen LogP contribution is -2.29. The maximum Gasteiger partial charge on any atom is 0.449 e. The highest BCUT2D eigenvalue weighted by Gasteiger charge is 2.38. The normalized spacial score (nSPS) is 18.4. The van der Waals surface area contributed by atoms with Crippen LogP contribution < -0.4 is 5.73 Å². The molecule has 1 aliphatic rings. The van der Waals surface area contributed by atoms with Crippen molar-refractivity contribution in [1.29, 1.82) is 0 Å². The van der Waals surface area contributed by atoms with E-state index in [4.69, 9.17) is 5.73 Å². The number of carbonyl (C=O) groups is 2. The second kappa shape index (κ2) is 8.94. The first-order valence-corrected chi connectivity index (χ1v) is 11.4. The summed E-state index contributed by atoms with van der Waals surface area (Å²) in [6.07, 6.45) is -2.16. The lowest BCUT2D eigenvalue weighted by atomic mass is 10.2. The zero-order chi connectivity index (χ0) is 25.6. The van der Waals surface area contributed by atoms with Crippen molar-refractivity contribution in [2.45, 2.75) is 37.7 Å². The van der Waals surface area contributed by atoms with E-state index in [9.17, 15) is 27.9 Å². The third-order valence-corrected chi connectivity index (χ3v) is 6.53. The number of benzene rings is 1. The summed E-state index contributed by atoms with van der Waals surface area (Å²) in [4.78, 5) is 34.1. The van der Waals surface area contributed by atoms with E-state index >= 15 is 0 Å². The monoisotopic (exact) mass is 500 g/mol. The summed E-state index contributed by atoms with van der Waals surface area (Å²) < 4.78 is 43.3. The van der Waals surface area contributed by atoms with Crippen molar-refractivity contribution in [3.8, 4) is 0 Å². The minimum Gasteiger partial charge on any atom is -0.389 e. The average molecular weight is 500 g/mol. The lowest BCUT2D eigenvalue weighted by Gasteiger charge is -2.18. The lowest BCUT2D eigenvalue weighted by molar-refractivity contribution is -0.147. The molecule has 0 spiro atoms. The largest absolute Gasteiger partial charge is 0.449 e. The Labute approximate surface area is 202 Å². The number of para-hydroxylation sites is 2. The molecule has 5 rings (SSSR count). The topological polar surface area (TPSA) is 119 Å². The van der Waals surface area contributed by atoms with Crippen molar-refractivity contribution >= 4 is 33.9 Å². The van der Waals surface area contributed by atoms with E-state index in [1.54, 1.807) is 35.0 Å². The highest BCUT2D eigenvalue weighted by Crippen LogP contribution is 2.32. The number of rotatable bonds is 6. The number of aryl methyl sites for hydroxylation is 1. The van der Waals surface area contributed by atoms with E-state index in [-0.39, 0.29) is 43.9 Å². The van der Waals surface area contributed by atoms with Crippen LogP contribution in [0.3, 0.4) is 0 Å². The van der Waals surface area contributed by atoms with Crippen LogP contribution in [0.5, 0.6) is 0 Å². The van der Waals surface area contributed by atoms with E-state index in [1.807, 2.05) is 0 Å². The number of β-amino-alcohol motifs (C(OH)–C–C–N with tert-alkyl or cyclic N) is 1. The van der Waals surface area contributed by atoms with Crippen molar-refractivity contribution in [3.05, 3.63) is 60.2 Å². The molecule has 1 saturated heterocycles. The third-order valence-electron chi connectivity index (χ3n) is 6.53. The molecule has 12 heteroatoms. The molecule has 2 atom stereocenters. The molecule has 0 saturated carbocycles. The molecule has 188 valence electrons.